The highest BCUT2D eigenvalue weighted by atomic mass is 19.4. The standard InChI is InChI=1S/C30H35F3N6O9/c1-17-12-19(13-18(2)37-17)16-47-21-6-4-20(5-7-21)29(3)9-11-39(26(29)43)22(25(42)38-48-27(44)30(31,32)33)8-10-34-23(40)14-35-24(41)15-36-28(45)46/h4-7,12-13,22,36H,8-11,14-16H2,1-3H3,(H,34,40)(H,35,41)(H,38,42)(H,45,46). The molecule has 2 unspecified atom stereocenters. The van der Waals surface area contributed by atoms with Gasteiger partial charge in [-0.1, -0.05) is 12.1 Å². The minimum atomic E-state index is -5.39. The third-order valence-corrected chi connectivity index (χ3v) is 7.36. The van der Waals surface area contributed by atoms with Gasteiger partial charge in [0, 0.05) is 24.5 Å². The predicted octanol–water partition coefficient (Wildman–Crippen LogP) is 1.16. The van der Waals surface area contributed by atoms with Crippen molar-refractivity contribution in [3.8, 4) is 5.75 Å². The van der Waals surface area contributed by atoms with Gasteiger partial charge in [0.2, 0.25) is 17.7 Å². The Morgan fingerprint density at radius 1 is 1.00 bits per heavy atom. The summed E-state index contributed by atoms with van der Waals surface area (Å²) in [5.74, 6) is -5.45. The molecule has 48 heavy (non-hydrogen) atoms. The number of hydroxylamine groups is 1. The van der Waals surface area contributed by atoms with Gasteiger partial charge in [-0.05, 0) is 69.0 Å². The van der Waals surface area contributed by atoms with E-state index in [0.717, 1.165) is 21.9 Å². The first-order valence-corrected chi connectivity index (χ1v) is 14.6. The van der Waals surface area contributed by atoms with E-state index in [0.29, 0.717) is 11.3 Å². The van der Waals surface area contributed by atoms with Crippen LogP contribution in [0.15, 0.2) is 36.4 Å². The van der Waals surface area contributed by atoms with E-state index in [2.05, 4.69) is 20.5 Å². The first-order valence-electron chi connectivity index (χ1n) is 14.6. The first kappa shape index (κ1) is 37.0. The number of carboxylic acid groups (broad SMARTS) is 1. The van der Waals surface area contributed by atoms with Crippen molar-refractivity contribution in [1.29, 1.82) is 0 Å². The van der Waals surface area contributed by atoms with Gasteiger partial charge in [0.25, 0.3) is 5.91 Å². The summed E-state index contributed by atoms with van der Waals surface area (Å²) < 4.78 is 43.8. The summed E-state index contributed by atoms with van der Waals surface area (Å²) in [6, 6.07) is 9.09. The molecule has 0 aliphatic carbocycles. The fourth-order valence-electron chi connectivity index (χ4n) is 4.98. The molecular weight excluding hydrogens is 645 g/mol. The Bertz CT molecular complexity index is 1520. The second-order valence-electron chi connectivity index (χ2n) is 11.1. The number of ether oxygens (including phenoxy) is 1. The molecule has 1 aliphatic heterocycles. The summed E-state index contributed by atoms with van der Waals surface area (Å²) in [4.78, 5) is 81.5. The molecule has 1 saturated heterocycles. The van der Waals surface area contributed by atoms with Crippen molar-refractivity contribution in [3.05, 3.63) is 58.9 Å². The molecule has 1 aromatic carbocycles. The number of aryl methyl sites for hydroxylation is 2. The Kier molecular flexibility index (Phi) is 12.3. The van der Waals surface area contributed by atoms with Gasteiger partial charge in [0.1, 0.15) is 18.4 Å². The van der Waals surface area contributed by atoms with Crippen LogP contribution in [0.25, 0.3) is 0 Å². The first-order chi connectivity index (χ1) is 22.5. The second-order valence-corrected chi connectivity index (χ2v) is 11.1. The second kappa shape index (κ2) is 15.9. The third-order valence-electron chi connectivity index (χ3n) is 7.36. The lowest BCUT2D eigenvalue weighted by Gasteiger charge is -2.29. The van der Waals surface area contributed by atoms with Crippen molar-refractivity contribution in [2.24, 2.45) is 0 Å². The van der Waals surface area contributed by atoms with Crippen LogP contribution in [0.1, 0.15) is 42.3 Å². The van der Waals surface area contributed by atoms with E-state index in [4.69, 9.17) is 9.84 Å². The van der Waals surface area contributed by atoms with Crippen LogP contribution >= 0.6 is 0 Å². The molecule has 1 aliphatic rings. The van der Waals surface area contributed by atoms with Crippen LogP contribution in [-0.4, -0.2) is 89.1 Å². The molecule has 2 atom stereocenters. The lowest BCUT2D eigenvalue weighted by molar-refractivity contribution is -0.208. The number of hydrogen-bond donors (Lipinski definition) is 5. The maximum atomic E-state index is 13.8. The van der Waals surface area contributed by atoms with Gasteiger partial charge in [-0.3, -0.25) is 24.2 Å². The Labute approximate surface area is 272 Å². The maximum Gasteiger partial charge on any atom is 0.493 e. The fraction of sp³-hybridized carbons (Fsp3) is 0.433. The molecule has 0 radical (unpaired) electrons. The van der Waals surface area contributed by atoms with Crippen LogP contribution < -0.4 is 26.2 Å². The van der Waals surface area contributed by atoms with Crippen LogP contribution in [-0.2, 0) is 40.8 Å². The largest absolute Gasteiger partial charge is 0.493 e. The molecule has 260 valence electrons. The van der Waals surface area contributed by atoms with Crippen molar-refractivity contribution in [3.63, 3.8) is 0 Å². The van der Waals surface area contributed by atoms with Crippen LogP contribution in [0, 0.1) is 13.8 Å². The summed E-state index contributed by atoms with van der Waals surface area (Å²) in [7, 11) is 0. The Morgan fingerprint density at radius 3 is 2.21 bits per heavy atom. The van der Waals surface area contributed by atoms with E-state index in [-0.39, 0.29) is 32.5 Å². The van der Waals surface area contributed by atoms with Gasteiger partial charge in [0.05, 0.1) is 18.5 Å². The van der Waals surface area contributed by atoms with E-state index < -0.39 is 66.4 Å². The molecule has 5 amide bonds. The summed E-state index contributed by atoms with van der Waals surface area (Å²) in [6.07, 6.45) is -6.93. The normalized spacial score (nSPS) is 16.5. The lowest BCUT2D eigenvalue weighted by atomic mass is 9.81. The zero-order valence-corrected chi connectivity index (χ0v) is 26.2. The molecule has 1 fully saturated rings. The van der Waals surface area contributed by atoms with Crippen LogP contribution in [0.4, 0.5) is 18.0 Å². The Balaban J connectivity index is 1.67. The highest BCUT2D eigenvalue weighted by molar-refractivity contribution is 5.95. The Morgan fingerprint density at radius 2 is 1.60 bits per heavy atom. The summed E-state index contributed by atoms with van der Waals surface area (Å²) in [5.41, 5.74) is 3.52. The average molecular weight is 681 g/mol. The molecule has 2 aromatic rings. The number of pyridine rings is 1. The van der Waals surface area contributed by atoms with E-state index in [1.54, 1.807) is 31.2 Å². The van der Waals surface area contributed by atoms with Gasteiger partial charge in [-0.15, -0.1) is 0 Å². The Hall–Kier alpha value is -5.42. The van der Waals surface area contributed by atoms with Crippen molar-refractivity contribution < 1.29 is 56.6 Å². The third kappa shape index (κ3) is 10.3. The molecule has 2 heterocycles. The van der Waals surface area contributed by atoms with Crippen molar-refractivity contribution in [2.75, 3.05) is 26.2 Å². The van der Waals surface area contributed by atoms with E-state index in [1.165, 1.54) is 5.48 Å². The zero-order valence-electron chi connectivity index (χ0n) is 26.2. The molecule has 0 spiro atoms. The fourth-order valence-corrected chi connectivity index (χ4v) is 4.98. The quantitative estimate of drug-likeness (QED) is 0.191. The summed E-state index contributed by atoms with van der Waals surface area (Å²) in [5, 5.41) is 14.9. The smallest absolute Gasteiger partial charge is 0.489 e. The predicted molar refractivity (Wildman–Crippen MR) is 159 cm³/mol. The number of nitrogens with zero attached hydrogens (tertiary/aromatic N) is 2. The molecule has 15 nitrogen and oxygen atoms in total. The number of nitrogens with one attached hydrogen (secondary N) is 4. The van der Waals surface area contributed by atoms with Crippen LogP contribution in [0.5, 0.6) is 5.75 Å². The number of halogens is 3. The van der Waals surface area contributed by atoms with Gasteiger partial charge in [-0.25, -0.2) is 9.59 Å². The van der Waals surface area contributed by atoms with Gasteiger partial charge < -0.3 is 35.5 Å². The number of hydrogen-bond acceptors (Lipinski definition) is 9. The lowest BCUT2D eigenvalue weighted by Crippen LogP contribution is -2.52. The molecule has 18 heteroatoms. The maximum absolute atomic E-state index is 13.8. The number of benzene rings is 1. The molecular formula is C30H35F3N6O9. The summed E-state index contributed by atoms with van der Waals surface area (Å²) >= 11 is 0. The number of alkyl halides is 3. The molecule has 0 bridgehead atoms. The molecule has 5 N–H and O–H groups in total. The molecule has 3 rings (SSSR count). The topological polar surface area (TPSA) is 205 Å². The van der Waals surface area contributed by atoms with Crippen LogP contribution in [0.2, 0.25) is 0 Å². The SMILES string of the molecule is Cc1cc(COc2ccc(C3(C)CCN(C(CCNC(=O)CNC(=O)CNC(=O)O)C(=O)NOC(=O)C(F)(F)F)C3=O)cc2)cc(C)n1. The number of carbonyl (C=O) groups is 6. The van der Waals surface area contributed by atoms with E-state index in [1.807, 2.05) is 31.3 Å². The van der Waals surface area contributed by atoms with E-state index in [9.17, 15) is 41.9 Å². The number of likely N-dealkylation sites (tertiary alicyclic amines) is 1. The van der Waals surface area contributed by atoms with Gasteiger partial charge in [-0.2, -0.15) is 18.7 Å². The minimum Gasteiger partial charge on any atom is -0.489 e. The number of carbonyl (C=O) groups excluding carboxylic acids is 5. The number of aromatic nitrogens is 1. The van der Waals surface area contributed by atoms with Gasteiger partial charge >= 0.3 is 18.2 Å². The van der Waals surface area contributed by atoms with E-state index >= 15 is 0 Å². The number of amides is 5. The number of rotatable bonds is 13. The zero-order chi connectivity index (χ0) is 35.6. The van der Waals surface area contributed by atoms with Crippen molar-refractivity contribution in [1.82, 2.24) is 31.3 Å². The van der Waals surface area contributed by atoms with Crippen LogP contribution in [0.3, 0.4) is 0 Å². The minimum absolute atomic E-state index is 0.000213. The van der Waals surface area contributed by atoms with Crippen molar-refractivity contribution in [2.45, 2.75) is 57.9 Å². The summed E-state index contributed by atoms with van der Waals surface area (Å²) in [6.45, 7) is 4.25. The van der Waals surface area contributed by atoms with Gasteiger partial charge in [0.15, 0.2) is 0 Å². The monoisotopic (exact) mass is 680 g/mol. The average Bonchev–Trinajstić information content (AvgIpc) is 3.32. The molecule has 0 saturated carbocycles. The highest BCUT2D eigenvalue weighted by Gasteiger charge is 2.48. The highest BCUT2D eigenvalue weighted by Crippen LogP contribution is 2.37. The van der Waals surface area contributed by atoms with Crippen molar-refractivity contribution >= 4 is 35.7 Å². The molecule has 1 aromatic heterocycles.